The van der Waals surface area contributed by atoms with Crippen LogP contribution in [0.5, 0.6) is 0 Å². The zero-order chi connectivity index (χ0) is 15.4. The quantitative estimate of drug-likeness (QED) is 0.727. The van der Waals surface area contributed by atoms with E-state index in [4.69, 9.17) is 27.9 Å². The third kappa shape index (κ3) is 3.89. The van der Waals surface area contributed by atoms with Gasteiger partial charge in [-0.1, -0.05) is 17.7 Å². The molecule has 0 saturated heterocycles. The van der Waals surface area contributed by atoms with Gasteiger partial charge in [-0.2, -0.15) is 0 Å². The summed E-state index contributed by atoms with van der Waals surface area (Å²) in [5, 5.41) is 0.556. The van der Waals surface area contributed by atoms with Gasteiger partial charge in [0.2, 0.25) is 0 Å². The Kier molecular flexibility index (Phi) is 5.88. The van der Waals surface area contributed by atoms with Gasteiger partial charge >= 0.3 is 0 Å². The topological polar surface area (TPSA) is 30.3 Å². The average molecular weight is 330 g/mol. The molecule has 6 heteroatoms. The van der Waals surface area contributed by atoms with E-state index < -0.39 is 0 Å². The van der Waals surface area contributed by atoms with Crippen molar-refractivity contribution in [2.24, 2.45) is 0 Å². The minimum absolute atomic E-state index is 0.155. The van der Waals surface area contributed by atoms with E-state index in [1.165, 1.54) is 0 Å². The van der Waals surface area contributed by atoms with Gasteiger partial charge in [0.05, 0.1) is 28.0 Å². The van der Waals surface area contributed by atoms with Crippen LogP contribution in [0.1, 0.15) is 18.1 Å². The Labute approximate surface area is 135 Å². The van der Waals surface area contributed by atoms with Gasteiger partial charge in [-0.05, 0) is 26.1 Å². The Morgan fingerprint density at radius 2 is 2.14 bits per heavy atom. The summed E-state index contributed by atoms with van der Waals surface area (Å²) in [4.78, 5) is 6.83. The maximum atomic E-state index is 6.34. The lowest BCUT2D eigenvalue weighted by atomic mass is 10.3. The van der Waals surface area contributed by atoms with Crippen molar-refractivity contribution in [1.82, 2.24) is 14.5 Å². The van der Waals surface area contributed by atoms with Crippen LogP contribution >= 0.6 is 23.2 Å². The van der Waals surface area contributed by atoms with Crippen molar-refractivity contribution in [3.63, 3.8) is 0 Å². The van der Waals surface area contributed by atoms with Crippen molar-refractivity contribution in [2.75, 3.05) is 33.9 Å². The largest absolute Gasteiger partial charge is 0.383 e. The van der Waals surface area contributed by atoms with Crippen molar-refractivity contribution in [3.05, 3.63) is 29.0 Å². The van der Waals surface area contributed by atoms with Crippen molar-refractivity contribution in [1.29, 1.82) is 0 Å². The Bertz CT molecular complexity index is 598. The Morgan fingerprint density at radius 1 is 1.38 bits per heavy atom. The molecule has 0 aliphatic carbocycles. The number of rotatable bonds is 7. The van der Waals surface area contributed by atoms with Gasteiger partial charge in [0.15, 0.2) is 0 Å². The zero-order valence-electron chi connectivity index (χ0n) is 12.6. The third-order valence-corrected chi connectivity index (χ3v) is 3.99. The second kappa shape index (κ2) is 7.45. The van der Waals surface area contributed by atoms with E-state index in [-0.39, 0.29) is 5.38 Å². The minimum atomic E-state index is -0.155. The molecule has 1 atom stereocenters. The van der Waals surface area contributed by atoms with Crippen molar-refractivity contribution in [2.45, 2.75) is 18.8 Å². The molecule has 1 aromatic heterocycles. The summed E-state index contributed by atoms with van der Waals surface area (Å²) in [6.07, 6.45) is 0. The molecule has 0 spiro atoms. The highest BCUT2D eigenvalue weighted by Crippen LogP contribution is 2.29. The van der Waals surface area contributed by atoms with Gasteiger partial charge in [-0.15, -0.1) is 11.6 Å². The fourth-order valence-corrected chi connectivity index (χ4v) is 2.76. The second-order valence-electron chi connectivity index (χ2n) is 5.14. The van der Waals surface area contributed by atoms with Crippen LogP contribution < -0.4 is 0 Å². The lowest BCUT2D eigenvalue weighted by Gasteiger charge is -2.18. The SMILES string of the molecule is COCCN(C)CCn1c(C(C)Cl)nc2cccc(Cl)c21. The van der Waals surface area contributed by atoms with Crippen LogP contribution in [-0.4, -0.2) is 48.3 Å². The number of benzene rings is 1. The highest BCUT2D eigenvalue weighted by molar-refractivity contribution is 6.35. The zero-order valence-corrected chi connectivity index (χ0v) is 14.2. The number of nitrogens with zero attached hydrogens (tertiary/aromatic N) is 3. The molecule has 0 saturated carbocycles. The number of halogens is 2. The molecule has 0 radical (unpaired) electrons. The first-order chi connectivity index (χ1) is 10.0. The summed E-state index contributed by atoms with van der Waals surface area (Å²) in [7, 11) is 3.79. The second-order valence-corrected chi connectivity index (χ2v) is 6.20. The minimum Gasteiger partial charge on any atom is -0.383 e. The number of hydrogen-bond acceptors (Lipinski definition) is 3. The molecule has 0 aliphatic rings. The molecule has 0 aliphatic heterocycles. The van der Waals surface area contributed by atoms with Crippen molar-refractivity contribution >= 4 is 34.2 Å². The number of alkyl halides is 1. The van der Waals surface area contributed by atoms with Crippen molar-refractivity contribution in [3.8, 4) is 0 Å². The van der Waals surface area contributed by atoms with Gasteiger partial charge in [-0.25, -0.2) is 4.98 Å². The monoisotopic (exact) mass is 329 g/mol. The number of aromatic nitrogens is 2. The summed E-state index contributed by atoms with van der Waals surface area (Å²) in [6, 6.07) is 5.77. The van der Waals surface area contributed by atoms with Crippen LogP contribution in [0.2, 0.25) is 5.02 Å². The number of likely N-dealkylation sites (N-methyl/N-ethyl adjacent to an activating group) is 1. The summed E-state index contributed by atoms with van der Waals surface area (Å²) >= 11 is 12.6. The van der Waals surface area contributed by atoms with E-state index in [2.05, 4.69) is 21.5 Å². The van der Waals surface area contributed by atoms with Gasteiger partial charge < -0.3 is 14.2 Å². The Morgan fingerprint density at radius 3 is 2.81 bits per heavy atom. The maximum Gasteiger partial charge on any atom is 0.127 e. The number of methoxy groups -OCH3 is 1. The molecule has 2 aromatic rings. The summed E-state index contributed by atoms with van der Waals surface area (Å²) in [5.41, 5.74) is 1.85. The number of hydrogen-bond donors (Lipinski definition) is 0. The highest BCUT2D eigenvalue weighted by Gasteiger charge is 2.17. The smallest absolute Gasteiger partial charge is 0.127 e. The number of ether oxygens (including phenoxy) is 1. The van der Waals surface area contributed by atoms with E-state index in [1.807, 2.05) is 25.1 Å². The van der Waals surface area contributed by atoms with E-state index in [0.717, 1.165) is 43.1 Å². The van der Waals surface area contributed by atoms with E-state index >= 15 is 0 Å². The molecule has 0 N–H and O–H groups in total. The molecule has 2 rings (SSSR count). The molecule has 1 unspecified atom stereocenters. The molecule has 116 valence electrons. The van der Waals surface area contributed by atoms with Crippen LogP contribution in [-0.2, 0) is 11.3 Å². The van der Waals surface area contributed by atoms with Crippen LogP contribution in [0.15, 0.2) is 18.2 Å². The normalized spacial score (nSPS) is 13.2. The van der Waals surface area contributed by atoms with Gasteiger partial charge in [0.1, 0.15) is 5.82 Å². The first kappa shape index (κ1) is 16.6. The number of fused-ring (bicyclic) bond motifs is 1. The van der Waals surface area contributed by atoms with E-state index in [9.17, 15) is 0 Å². The van der Waals surface area contributed by atoms with E-state index in [0.29, 0.717) is 5.02 Å². The molecular formula is C15H21Cl2N3O. The molecule has 4 nitrogen and oxygen atoms in total. The van der Waals surface area contributed by atoms with E-state index in [1.54, 1.807) is 7.11 Å². The fraction of sp³-hybridized carbons (Fsp3) is 0.533. The number of imidazole rings is 1. The Balaban J connectivity index is 2.26. The fourth-order valence-electron chi connectivity index (χ4n) is 2.32. The lowest BCUT2D eigenvalue weighted by Crippen LogP contribution is -2.27. The predicted molar refractivity (Wildman–Crippen MR) is 88.4 cm³/mol. The van der Waals surface area contributed by atoms with Crippen LogP contribution in [0.4, 0.5) is 0 Å². The van der Waals surface area contributed by atoms with Gasteiger partial charge in [0, 0.05) is 26.7 Å². The van der Waals surface area contributed by atoms with Crippen molar-refractivity contribution < 1.29 is 4.74 Å². The molecule has 0 amide bonds. The Hall–Kier alpha value is -0.810. The highest BCUT2D eigenvalue weighted by atomic mass is 35.5. The first-order valence-electron chi connectivity index (χ1n) is 7.00. The van der Waals surface area contributed by atoms with Gasteiger partial charge in [-0.3, -0.25) is 0 Å². The summed E-state index contributed by atoms with van der Waals surface area (Å²) in [5.74, 6) is 0.861. The standard InChI is InChI=1S/C15H21Cl2N3O/c1-11(16)15-18-13-6-4-5-12(17)14(13)20(15)8-7-19(2)9-10-21-3/h4-6,11H,7-10H2,1-3H3. The molecule has 0 fully saturated rings. The summed E-state index contributed by atoms with van der Waals surface area (Å²) in [6.45, 7) is 5.23. The first-order valence-corrected chi connectivity index (χ1v) is 7.82. The predicted octanol–water partition coefficient (Wildman–Crippen LogP) is 3.57. The third-order valence-electron chi connectivity index (χ3n) is 3.49. The van der Waals surface area contributed by atoms with Crippen LogP contribution in [0, 0.1) is 0 Å². The summed E-state index contributed by atoms with van der Waals surface area (Å²) < 4.78 is 7.22. The van der Waals surface area contributed by atoms with Crippen LogP contribution in [0.3, 0.4) is 0 Å². The number of para-hydroxylation sites is 1. The molecule has 0 bridgehead atoms. The molecule has 1 aromatic carbocycles. The lowest BCUT2D eigenvalue weighted by molar-refractivity contribution is 0.159. The van der Waals surface area contributed by atoms with Crippen LogP contribution in [0.25, 0.3) is 11.0 Å². The molecular weight excluding hydrogens is 309 g/mol. The maximum absolute atomic E-state index is 6.34. The average Bonchev–Trinajstić information content (AvgIpc) is 2.83. The molecule has 21 heavy (non-hydrogen) atoms. The van der Waals surface area contributed by atoms with Gasteiger partial charge in [0.25, 0.3) is 0 Å². The molecule has 1 heterocycles.